The van der Waals surface area contributed by atoms with Crippen LogP contribution in [0.15, 0.2) is 30.8 Å². The van der Waals surface area contributed by atoms with Crippen LogP contribution in [0.3, 0.4) is 0 Å². The lowest BCUT2D eigenvalue weighted by Gasteiger charge is -2.34. The zero-order valence-corrected chi connectivity index (χ0v) is 21.0. The van der Waals surface area contributed by atoms with Crippen LogP contribution >= 0.6 is 0 Å². The number of alkyl carbamates (subject to hydrolysis) is 1. The number of primary amides is 1. The topological polar surface area (TPSA) is 151 Å². The largest absolute Gasteiger partial charge is 0.444 e. The van der Waals surface area contributed by atoms with Gasteiger partial charge in [-0.2, -0.15) is 0 Å². The summed E-state index contributed by atoms with van der Waals surface area (Å²) in [6.45, 7) is 10.4. The van der Waals surface area contributed by atoms with Gasteiger partial charge in [0.05, 0.1) is 13.0 Å². The zero-order valence-electron chi connectivity index (χ0n) is 21.0. The average molecular weight is 491 g/mol. The number of hydrogen-bond donors (Lipinski definition) is 4. The Labute approximate surface area is 206 Å². The van der Waals surface area contributed by atoms with Crippen LogP contribution in [0.2, 0.25) is 0 Å². The molecule has 1 aromatic carbocycles. The molecule has 35 heavy (non-hydrogen) atoms. The van der Waals surface area contributed by atoms with Crippen LogP contribution in [0.25, 0.3) is 6.08 Å². The molecule has 0 aliphatic heterocycles. The lowest BCUT2D eigenvalue weighted by atomic mass is 10.00. The third-order valence-electron chi connectivity index (χ3n) is 4.87. The van der Waals surface area contributed by atoms with Gasteiger partial charge in [0.15, 0.2) is 0 Å². The van der Waals surface area contributed by atoms with E-state index in [-0.39, 0.29) is 6.54 Å². The van der Waals surface area contributed by atoms with E-state index in [0.29, 0.717) is 12.1 Å². The summed E-state index contributed by atoms with van der Waals surface area (Å²) in [5.41, 5.74) is 5.69. The van der Waals surface area contributed by atoms with Crippen molar-refractivity contribution in [1.29, 1.82) is 0 Å². The highest BCUT2D eigenvalue weighted by molar-refractivity contribution is 5.94. The number of benzene rings is 1. The van der Waals surface area contributed by atoms with Crippen molar-refractivity contribution in [2.75, 3.05) is 19.7 Å². The molecule has 0 heterocycles. The lowest BCUT2D eigenvalue weighted by molar-refractivity contribution is -0.143. The molecule has 194 valence electrons. The van der Waals surface area contributed by atoms with Gasteiger partial charge in [-0.3, -0.25) is 14.4 Å². The highest BCUT2D eigenvalue weighted by Crippen LogP contribution is 2.24. The van der Waals surface area contributed by atoms with Crippen LogP contribution in [0.1, 0.15) is 64.1 Å². The van der Waals surface area contributed by atoms with Gasteiger partial charge in [-0.15, -0.1) is 0 Å². The Hall–Kier alpha value is -3.40. The molecular formula is C25H38N4O6. The van der Waals surface area contributed by atoms with Gasteiger partial charge >= 0.3 is 6.09 Å². The first-order valence-corrected chi connectivity index (χ1v) is 11.6. The lowest BCUT2D eigenvalue weighted by Crippen LogP contribution is -2.54. The van der Waals surface area contributed by atoms with Gasteiger partial charge in [-0.25, -0.2) is 4.79 Å². The van der Waals surface area contributed by atoms with Crippen molar-refractivity contribution in [3.63, 3.8) is 0 Å². The minimum atomic E-state index is -1.40. The number of aliphatic hydroxyl groups excluding tert-OH is 1. The molecule has 2 atom stereocenters. The Bertz CT molecular complexity index is 896. The molecule has 2 unspecified atom stereocenters. The maximum atomic E-state index is 13.6. The van der Waals surface area contributed by atoms with Crippen LogP contribution in [0.4, 0.5) is 4.79 Å². The highest BCUT2D eigenvalue weighted by atomic mass is 16.6. The fraction of sp³-hybridized carbons (Fsp3) is 0.520. The van der Waals surface area contributed by atoms with Crippen molar-refractivity contribution >= 4 is 29.9 Å². The first-order chi connectivity index (χ1) is 16.4. The van der Waals surface area contributed by atoms with Crippen molar-refractivity contribution in [3.8, 4) is 0 Å². The van der Waals surface area contributed by atoms with E-state index < -0.39 is 54.5 Å². The number of carbonyl (C=O) groups excluding carboxylic acids is 4. The molecule has 0 aromatic heterocycles. The number of ether oxygens (including phenoxy) is 1. The summed E-state index contributed by atoms with van der Waals surface area (Å²) < 4.78 is 5.22. The van der Waals surface area contributed by atoms with E-state index in [1.807, 2.05) is 6.92 Å². The second-order valence-corrected chi connectivity index (χ2v) is 9.05. The molecule has 0 fully saturated rings. The van der Waals surface area contributed by atoms with E-state index >= 15 is 0 Å². The first-order valence-electron chi connectivity index (χ1n) is 11.6. The summed E-state index contributed by atoms with van der Waals surface area (Å²) >= 11 is 0. The highest BCUT2D eigenvalue weighted by Gasteiger charge is 2.36. The molecule has 10 heteroatoms. The average Bonchev–Trinajstić information content (AvgIpc) is 2.76. The molecular weight excluding hydrogens is 452 g/mol. The van der Waals surface area contributed by atoms with Gasteiger partial charge < -0.3 is 31.1 Å². The number of rotatable bonds is 13. The molecule has 0 radical (unpaired) electrons. The number of hydrogen-bond acceptors (Lipinski definition) is 6. The SMILES string of the molecule is C=Cc1cccc(C(C(=O)NCCCC)N(CCO)C(=O)C(CC(N)=O)NC(=O)OC(C)(C)C)c1. The molecule has 0 aliphatic carbocycles. The van der Waals surface area contributed by atoms with Gasteiger partial charge in [-0.05, 0) is 44.4 Å². The summed E-state index contributed by atoms with van der Waals surface area (Å²) in [5.74, 6) is -2.05. The predicted molar refractivity (Wildman–Crippen MR) is 133 cm³/mol. The monoisotopic (exact) mass is 490 g/mol. The van der Waals surface area contributed by atoms with E-state index in [1.54, 1.807) is 51.1 Å². The number of unbranched alkanes of at least 4 members (excludes halogenated alkanes) is 1. The van der Waals surface area contributed by atoms with Gasteiger partial charge in [-0.1, -0.05) is 44.2 Å². The Morgan fingerprint density at radius 3 is 2.49 bits per heavy atom. The van der Waals surface area contributed by atoms with Crippen molar-refractivity contribution in [2.45, 2.75) is 64.6 Å². The standard InChI is InChI=1S/C25H38N4O6/c1-6-8-12-27-22(32)21(18-11-9-10-17(7-2)15-18)29(13-14-30)23(33)19(16-20(26)31)28-24(34)35-25(3,4)5/h7,9-11,15,19,21,30H,2,6,8,12-14,16H2,1,3-5H3,(H2,26,31)(H,27,32)(H,28,34). The molecule has 0 saturated heterocycles. The Morgan fingerprint density at radius 1 is 1.26 bits per heavy atom. The summed E-state index contributed by atoms with van der Waals surface area (Å²) in [7, 11) is 0. The number of nitrogens with one attached hydrogen (secondary N) is 2. The Balaban J connectivity index is 3.43. The minimum Gasteiger partial charge on any atom is -0.444 e. The quantitative estimate of drug-likeness (QED) is 0.310. The molecule has 4 amide bonds. The summed E-state index contributed by atoms with van der Waals surface area (Å²) in [5, 5.41) is 14.9. The van der Waals surface area contributed by atoms with Gasteiger partial charge in [0, 0.05) is 13.1 Å². The van der Waals surface area contributed by atoms with Crippen molar-refractivity contribution in [1.82, 2.24) is 15.5 Å². The summed E-state index contributed by atoms with van der Waals surface area (Å²) in [4.78, 5) is 52.1. The fourth-order valence-electron chi connectivity index (χ4n) is 3.34. The second kappa shape index (κ2) is 14.1. The number of aliphatic hydroxyl groups is 1. The zero-order chi connectivity index (χ0) is 26.6. The molecule has 1 aromatic rings. The summed E-state index contributed by atoms with van der Waals surface area (Å²) in [6.07, 6.45) is 1.77. The van der Waals surface area contributed by atoms with Crippen LogP contribution in [-0.2, 0) is 19.1 Å². The summed E-state index contributed by atoms with van der Waals surface area (Å²) in [6, 6.07) is 4.36. The Kier molecular flexibility index (Phi) is 11.9. The molecule has 1 rings (SSSR count). The molecule has 5 N–H and O–H groups in total. The van der Waals surface area contributed by atoms with Crippen molar-refractivity contribution in [3.05, 3.63) is 42.0 Å². The van der Waals surface area contributed by atoms with Crippen LogP contribution < -0.4 is 16.4 Å². The van der Waals surface area contributed by atoms with E-state index in [4.69, 9.17) is 10.5 Å². The molecule has 0 bridgehead atoms. The maximum Gasteiger partial charge on any atom is 0.408 e. The molecule has 10 nitrogen and oxygen atoms in total. The number of nitrogens with zero attached hydrogens (tertiary/aromatic N) is 1. The second-order valence-electron chi connectivity index (χ2n) is 9.05. The van der Waals surface area contributed by atoms with E-state index in [1.165, 1.54) is 0 Å². The normalized spacial score (nSPS) is 12.7. The van der Waals surface area contributed by atoms with Crippen LogP contribution in [0.5, 0.6) is 0 Å². The molecule has 0 aliphatic rings. The number of carbonyl (C=O) groups is 4. The van der Waals surface area contributed by atoms with E-state index in [2.05, 4.69) is 17.2 Å². The smallest absolute Gasteiger partial charge is 0.408 e. The third kappa shape index (κ3) is 10.2. The van der Waals surface area contributed by atoms with E-state index in [0.717, 1.165) is 23.3 Å². The van der Waals surface area contributed by atoms with Gasteiger partial charge in [0.1, 0.15) is 17.7 Å². The minimum absolute atomic E-state index is 0.228. The fourth-order valence-corrected chi connectivity index (χ4v) is 3.34. The van der Waals surface area contributed by atoms with Gasteiger partial charge in [0.25, 0.3) is 0 Å². The predicted octanol–water partition coefficient (Wildman–Crippen LogP) is 1.88. The molecule has 0 spiro atoms. The van der Waals surface area contributed by atoms with Crippen molar-refractivity contribution in [2.24, 2.45) is 5.73 Å². The van der Waals surface area contributed by atoms with Crippen LogP contribution in [0, 0.1) is 0 Å². The van der Waals surface area contributed by atoms with E-state index in [9.17, 15) is 24.3 Å². The number of amides is 4. The third-order valence-corrected chi connectivity index (χ3v) is 4.87. The molecule has 0 saturated carbocycles. The van der Waals surface area contributed by atoms with Crippen molar-refractivity contribution < 1.29 is 29.0 Å². The Morgan fingerprint density at radius 2 is 1.94 bits per heavy atom. The maximum absolute atomic E-state index is 13.6. The first kappa shape index (κ1) is 29.6. The number of nitrogens with two attached hydrogens (primary N) is 1. The van der Waals surface area contributed by atoms with Gasteiger partial charge in [0.2, 0.25) is 17.7 Å². The van der Waals surface area contributed by atoms with Crippen LogP contribution in [-0.4, -0.2) is 65.2 Å².